The van der Waals surface area contributed by atoms with Gasteiger partial charge in [0.1, 0.15) is 5.82 Å². The Hall–Kier alpha value is -1.78. The summed E-state index contributed by atoms with van der Waals surface area (Å²) in [6.45, 7) is 3.33. The molecule has 1 atom stereocenters. The number of benzene rings is 1. The minimum atomic E-state index is -0.211. The molecule has 21 heavy (non-hydrogen) atoms. The van der Waals surface area contributed by atoms with Gasteiger partial charge in [0, 0.05) is 31.5 Å². The van der Waals surface area contributed by atoms with Crippen molar-refractivity contribution in [1.82, 2.24) is 9.88 Å². The molecular formula is C17H22FN3. The van der Waals surface area contributed by atoms with Crippen LogP contribution in [0.1, 0.15) is 22.7 Å². The summed E-state index contributed by atoms with van der Waals surface area (Å²) >= 11 is 0. The molecule has 1 aromatic carbocycles. The van der Waals surface area contributed by atoms with Crippen LogP contribution in [0.3, 0.4) is 0 Å². The molecule has 4 heteroatoms. The molecule has 0 bridgehead atoms. The molecule has 1 aromatic heterocycles. The number of nitrogens with zero attached hydrogens (tertiary/aromatic N) is 2. The van der Waals surface area contributed by atoms with Gasteiger partial charge in [0.05, 0.1) is 0 Å². The fourth-order valence-corrected chi connectivity index (χ4v) is 2.53. The molecule has 2 N–H and O–H groups in total. The van der Waals surface area contributed by atoms with E-state index in [4.69, 9.17) is 5.73 Å². The molecule has 1 unspecified atom stereocenters. The van der Waals surface area contributed by atoms with Gasteiger partial charge in [-0.3, -0.25) is 9.88 Å². The first-order chi connectivity index (χ1) is 10.1. The summed E-state index contributed by atoms with van der Waals surface area (Å²) in [5, 5.41) is 0. The normalized spacial score (nSPS) is 12.6. The third-order valence-electron chi connectivity index (χ3n) is 3.86. The monoisotopic (exact) mass is 287 g/mol. The Morgan fingerprint density at radius 1 is 1.24 bits per heavy atom. The number of hydrogen-bond acceptors (Lipinski definition) is 3. The maximum Gasteiger partial charge on any atom is 0.123 e. The molecule has 0 radical (unpaired) electrons. The molecule has 0 aliphatic heterocycles. The number of hydrogen-bond donors (Lipinski definition) is 1. The lowest BCUT2D eigenvalue weighted by Gasteiger charge is -2.28. The number of likely N-dealkylation sites (N-methyl/N-ethyl adjacent to an activating group) is 1. The van der Waals surface area contributed by atoms with E-state index in [1.54, 1.807) is 18.5 Å². The van der Waals surface area contributed by atoms with Crippen molar-refractivity contribution in [3.63, 3.8) is 0 Å². The van der Waals surface area contributed by atoms with Crippen LogP contribution in [0.2, 0.25) is 0 Å². The van der Waals surface area contributed by atoms with Crippen molar-refractivity contribution >= 4 is 0 Å². The van der Waals surface area contributed by atoms with Crippen molar-refractivity contribution in [1.29, 1.82) is 0 Å². The minimum Gasteiger partial charge on any atom is -0.329 e. The molecule has 1 heterocycles. The smallest absolute Gasteiger partial charge is 0.123 e. The summed E-state index contributed by atoms with van der Waals surface area (Å²) in [5.74, 6) is -0.211. The lowest BCUT2D eigenvalue weighted by Crippen LogP contribution is -2.32. The number of aromatic nitrogens is 1. The molecule has 0 amide bonds. The lowest BCUT2D eigenvalue weighted by atomic mass is 9.99. The molecule has 3 nitrogen and oxygen atoms in total. The van der Waals surface area contributed by atoms with E-state index in [-0.39, 0.29) is 11.9 Å². The molecule has 0 aliphatic carbocycles. The van der Waals surface area contributed by atoms with Gasteiger partial charge in [-0.05, 0) is 61.3 Å². The summed E-state index contributed by atoms with van der Waals surface area (Å²) in [6.07, 6.45) is 4.52. The van der Waals surface area contributed by atoms with Crippen LogP contribution in [0.4, 0.5) is 4.39 Å². The Kier molecular flexibility index (Phi) is 5.42. The van der Waals surface area contributed by atoms with E-state index >= 15 is 0 Å². The third-order valence-corrected chi connectivity index (χ3v) is 3.86. The van der Waals surface area contributed by atoms with Crippen LogP contribution in [0.5, 0.6) is 0 Å². The number of pyridine rings is 1. The maximum atomic E-state index is 13.5. The van der Waals surface area contributed by atoms with Crippen molar-refractivity contribution in [2.24, 2.45) is 5.73 Å². The summed E-state index contributed by atoms with van der Waals surface area (Å²) in [6, 6.07) is 8.95. The first-order valence-electron chi connectivity index (χ1n) is 7.17. The Bertz CT molecular complexity index is 572. The van der Waals surface area contributed by atoms with Gasteiger partial charge in [0.15, 0.2) is 0 Å². The van der Waals surface area contributed by atoms with Crippen molar-refractivity contribution < 1.29 is 4.39 Å². The first kappa shape index (κ1) is 15.6. The van der Waals surface area contributed by atoms with Gasteiger partial charge in [0.25, 0.3) is 0 Å². The van der Waals surface area contributed by atoms with Crippen molar-refractivity contribution in [3.8, 4) is 0 Å². The minimum absolute atomic E-state index is 0.0301. The fraction of sp³-hybridized carbons (Fsp3) is 0.353. The highest BCUT2D eigenvalue weighted by Gasteiger charge is 2.17. The molecule has 112 valence electrons. The predicted molar refractivity (Wildman–Crippen MR) is 83.5 cm³/mol. The van der Waals surface area contributed by atoms with Crippen LogP contribution in [-0.2, 0) is 6.42 Å². The van der Waals surface area contributed by atoms with Crippen LogP contribution in [0.25, 0.3) is 0 Å². The molecule has 0 saturated carbocycles. The number of nitrogens with two attached hydrogens (primary N) is 1. The summed E-state index contributed by atoms with van der Waals surface area (Å²) in [4.78, 5) is 6.20. The van der Waals surface area contributed by atoms with Crippen molar-refractivity contribution in [2.45, 2.75) is 19.4 Å². The van der Waals surface area contributed by atoms with Gasteiger partial charge < -0.3 is 5.73 Å². The van der Waals surface area contributed by atoms with Gasteiger partial charge in [-0.1, -0.05) is 6.07 Å². The average Bonchev–Trinajstić information content (AvgIpc) is 2.50. The van der Waals surface area contributed by atoms with Crippen molar-refractivity contribution in [2.75, 3.05) is 20.1 Å². The maximum absolute atomic E-state index is 13.5. The van der Waals surface area contributed by atoms with E-state index in [0.29, 0.717) is 6.54 Å². The summed E-state index contributed by atoms with van der Waals surface area (Å²) < 4.78 is 13.5. The zero-order chi connectivity index (χ0) is 15.2. The molecule has 2 aromatic rings. The van der Waals surface area contributed by atoms with Gasteiger partial charge in [-0.15, -0.1) is 0 Å². The Balaban J connectivity index is 2.08. The van der Waals surface area contributed by atoms with Gasteiger partial charge in [0.2, 0.25) is 0 Å². The second-order valence-corrected chi connectivity index (χ2v) is 5.34. The third kappa shape index (κ3) is 4.09. The Labute approximate surface area is 125 Å². The largest absolute Gasteiger partial charge is 0.329 e. The van der Waals surface area contributed by atoms with Gasteiger partial charge >= 0.3 is 0 Å². The first-order valence-corrected chi connectivity index (χ1v) is 7.17. The summed E-state index contributed by atoms with van der Waals surface area (Å²) in [5.41, 5.74) is 9.20. The number of aryl methyl sites for hydroxylation is 1. The second-order valence-electron chi connectivity index (χ2n) is 5.34. The highest BCUT2D eigenvalue weighted by atomic mass is 19.1. The number of rotatable bonds is 6. The van der Waals surface area contributed by atoms with E-state index in [9.17, 15) is 4.39 Å². The van der Waals surface area contributed by atoms with Crippen molar-refractivity contribution in [3.05, 3.63) is 65.2 Å². The molecule has 0 aliphatic rings. The SMILES string of the molecule is Cc1ccc(F)cc1C(CN)N(C)CCc1ccncc1. The van der Waals surface area contributed by atoms with E-state index < -0.39 is 0 Å². The van der Waals surface area contributed by atoms with E-state index in [2.05, 4.69) is 9.88 Å². The highest BCUT2D eigenvalue weighted by Crippen LogP contribution is 2.23. The Morgan fingerprint density at radius 3 is 2.62 bits per heavy atom. The molecule has 0 fully saturated rings. The number of halogens is 1. The van der Waals surface area contributed by atoms with E-state index in [1.807, 2.05) is 32.2 Å². The zero-order valence-electron chi connectivity index (χ0n) is 12.6. The summed E-state index contributed by atoms with van der Waals surface area (Å²) in [7, 11) is 2.03. The Morgan fingerprint density at radius 2 is 1.95 bits per heavy atom. The fourth-order valence-electron chi connectivity index (χ4n) is 2.53. The lowest BCUT2D eigenvalue weighted by molar-refractivity contribution is 0.252. The quantitative estimate of drug-likeness (QED) is 0.888. The molecule has 0 spiro atoms. The standard InChI is InChI=1S/C17H22FN3/c1-13-3-4-15(18)11-16(13)17(12-19)21(2)10-7-14-5-8-20-9-6-14/h3-6,8-9,11,17H,7,10,12,19H2,1-2H3. The topological polar surface area (TPSA) is 42.1 Å². The van der Waals surface area contributed by atoms with Gasteiger partial charge in [-0.25, -0.2) is 4.39 Å². The van der Waals surface area contributed by atoms with Crippen LogP contribution in [-0.4, -0.2) is 30.0 Å². The van der Waals surface area contributed by atoms with Crippen LogP contribution in [0.15, 0.2) is 42.7 Å². The molecular weight excluding hydrogens is 265 g/mol. The van der Waals surface area contributed by atoms with Gasteiger partial charge in [-0.2, -0.15) is 0 Å². The van der Waals surface area contributed by atoms with E-state index in [1.165, 1.54) is 11.6 Å². The average molecular weight is 287 g/mol. The predicted octanol–water partition coefficient (Wildman–Crippen LogP) is 2.70. The zero-order valence-corrected chi connectivity index (χ0v) is 12.6. The van der Waals surface area contributed by atoms with E-state index in [0.717, 1.165) is 24.1 Å². The van der Waals surface area contributed by atoms with Crippen LogP contribution >= 0.6 is 0 Å². The second kappa shape index (κ2) is 7.29. The van der Waals surface area contributed by atoms with Crippen LogP contribution < -0.4 is 5.73 Å². The highest BCUT2D eigenvalue weighted by molar-refractivity contribution is 5.30. The molecule has 0 saturated heterocycles. The molecule has 2 rings (SSSR count). The van der Waals surface area contributed by atoms with Crippen LogP contribution in [0, 0.1) is 12.7 Å².